The van der Waals surface area contributed by atoms with Gasteiger partial charge in [-0.25, -0.2) is 0 Å². The summed E-state index contributed by atoms with van der Waals surface area (Å²) in [6.07, 6.45) is 0.160. The van der Waals surface area contributed by atoms with E-state index >= 15 is 0 Å². The van der Waals surface area contributed by atoms with Crippen LogP contribution in [-0.4, -0.2) is 66.6 Å². The topological polar surface area (TPSA) is 145 Å². The lowest BCUT2D eigenvalue weighted by molar-refractivity contribution is -0.141. The van der Waals surface area contributed by atoms with Crippen molar-refractivity contribution in [3.63, 3.8) is 0 Å². The molecule has 0 heterocycles. The van der Waals surface area contributed by atoms with Crippen molar-refractivity contribution in [3.05, 3.63) is 0 Å². The van der Waals surface area contributed by atoms with E-state index in [-0.39, 0.29) is 25.9 Å². The molecule has 0 spiro atoms. The van der Waals surface area contributed by atoms with Crippen LogP contribution in [0.4, 0.5) is 0 Å². The lowest BCUT2D eigenvalue weighted by atomic mass is 10.1. The molecule has 0 rings (SSSR count). The summed E-state index contributed by atoms with van der Waals surface area (Å²) < 4.78 is 0. The van der Waals surface area contributed by atoms with Gasteiger partial charge in [0.05, 0.1) is 12.6 Å². The summed E-state index contributed by atoms with van der Waals surface area (Å²) in [7, 11) is 1.51. The van der Waals surface area contributed by atoms with Crippen LogP contribution in [0, 0.1) is 0 Å². The Morgan fingerprint density at radius 3 is 2.30 bits per heavy atom. The molecule has 0 saturated carbocycles. The molecule has 0 aromatic heterocycles. The van der Waals surface area contributed by atoms with Crippen molar-refractivity contribution in [1.82, 2.24) is 16.0 Å². The first-order valence-electron chi connectivity index (χ1n) is 5.99. The largest absolute Gasteiger partial charge is 0.481 e. The van der Waals surface area contributed by atoms with Crippen LogP contribution >= 0.6 is 0 Å². The Morgan fingerprint density at radius 2 is 1.85 bits per heavy atom. The predicted molar refractivity (Wildman–Crippen MR) is 68.2 cm³/mol. The fourth-order valence-corrected chi connectivity index (χ4v) is 1.43. The first kappa shape index (κ1) is 18.0. The van der Waals surface area contributed by atoms with Crippen LogP contribution in [0.3, 0.4) is 0 Å². The fraction of sp³-hybridized carbons (Fsp3) is 0.636. The standard InChI is InChI=1S/C11H19N3O6/c1-12-8(10(18)13-4-5-15)6-14-7(11(19)20)2-3-9(16)17/h5,7-8,12,14H,2-4,6H2,1H3,(H,13,18)(H,16,17)(H,19,20). The van der Waals surface area contributed by atoms with E-state index in [2.05, 4.69) is 16.0 Å². The van der Waals surface area contributed by atoms with Crippen molar-refractivity contribution in [2.75, 3.05) is 20.1 Å². The molecule has 9 nitrogen and oxygen atoms in total. The molecule has 114 valence electrons. The highest BCUT2D eigenvalue weighted by atomic mass is 16.4. The smallest absolute Gasteiger partial charge is 0.320 e. The highest BCUT2D eigenvalue weighted by Gasteiger charge is 2.22. The van der Waals surface area contributed by atoms with Gasteiger partial charge in [0.25, 0.3) is 0 Å². The monoisotopic (exact) mass is 289 g/mol. The van der Waals surface area contributed by atoms with E-state index in [4.69, 9.17) is 10.2 Å². The molecule has 0 aliphatic heterocycles. The van der Waals surface area contributed by atoms with Crippen molar-refractivity contribution in [3.8, 4) is 0 Å². The molecule has 2 atom stereocenters. The highest BCUT2D eigenvalue weighted by molar-refractivity contribution is 5.83. The van der Waals surface area contributed by atoms with Crippen molar-refractivity contribution in [2.45, 2.75) is 24.9 Å². The Hall–Kier alpha value is -2.00. The van der Waals surface area contributed by atoms with Crippen LogP contribution < -0.4 is 16.0 Å². The van der Waals surface area contributed by atoms with Gasteiger partial charge in [-0.05, 0) is 13.5 Å². The zero-order valence-electron chi connectivity index (χ0n) is 11.1. The van der Waals surface area contributed by atoms with E-state index in [1.807, 2.05) is 0 Å². The first-order valence-corrected chi connectivity index (χ1v) is 5.99. The van der Waals surface area contributed by atoms with Crippen molar-refractivity contribution < 1.29 is 29.4 Å². The molecule has 9 heteroatoms. The molecule has 5 N–H and O–H groups in total. The van der Waals surface area contributed by atoms with Gasteiger partial charge in [-0.1, -0.05) is 0 Å². The normalized spacial score (nSPS) is 13.2. The maximum absolute atomic E-state index is 11.6. The lowest BCUT2D eigenvalue weighted by Crippen LogP contribution is -2.52. The van der Waals surface area contributed by atoms with E-state index in [1.165, 1.54) is 7.05 Å². The summed E-state index contributed by atoms with van der Waals surface area (Å²) in [5, 5.41) is 25.1. The Kier molecular flexibility index (Phi) is 8.88. The average Bonchev–Trinajstić information content (AvgIpc) is 2.39. The lowest BCUT2D eigenvalue weighted by Gasteiger charge is -2.19. The molecule has 2 unspecified atom stereocenters. The van der Waals surface area contributed by atoms with Crippen LogP contribution in [0.2, 0.25) is 0 Å². The third-order valence-corrected chi connectivity index (χ3v) is 2.54. The Balaban J connectivity index is 4.34. The molecular formula is C11H19N3O6. The second-order valence-corrected chi connectivity index (χ2v) is 3.98. The predicted octanol–water partition coefficient (Wildman–Crippen LogP) is -2.20. The van der Waals surface area contributed by atoms with Gasteiger partial charge in [-0.3, -0.25) is 14.4 Å². The first-order chi connectivity index (χ1) is 9.42. The molecule has 0 aliphatic rings. The summed E-state index contributed by atoms with van der Waals surface area (Å²) >= 11 is 0. The number of aldehydes is 1. The van der Waals surface area contributed by atoms with Gasteiger partial charge < -0.3 is 31.0 Å². The van der Waals surface area contributed by atoms with Crippen LogP contribution in [0.1, 0.15) is 12.8 Å². The van der Waals surface area contributed by atoms with Crippen LogP contribution in [-0.2, 0) is 19.2 Å². The minimum Gasteiger partial charge on any atom is -0.481 e. The zero-order valence-corrected chi connectivity index (χ0v) is 11.1. The van der Waals surface area contributed by atoms with Gasteiger partial charge in [-0.2, -0.15) is 0 Å². The molecule has 0 aliphatic carbocycles. The molecule has 1 amide bonds. The molecule has 20 heavy (non-hydrogen) atoms. The SMILES string of the molecule is CNC(CNC(CCC(=O)O)C(=O)O)C(=O)NCC=O. The van der Waals surface area contributed by atoms with E-state index in [1.54, 1.807) is 0 Å². The Labute approximate surface area is 115 Å². The summed E-state index contributed by atoms with van der Waals surface area (Å²) in [5.74, 6) is -2.73. The minimum atomic E-state index is -1.19. The number of carboxylic acid groups (broad SMARTS) is 2. The summed E-state index contributed by atoms with van der Waals surface area (Å²) in [4.78, 5) is 43.1. The quantitative estimate of drug-likeness (QED) is 0.269. The van der Waals surface area contributed by atoms with Crippen LogP contribution in [0.5, 0.6) is 0 Å². The van der Waals surface area contributed by atoms with E-state index in [0.29, 0.717) is 6.29 Å². The van der Waals surface area contributed by atoms with Gasteiger partial charge in [0.1, 0.15) is 12.3 Å². The van der Waals surface area contributed by atoms with Crippen LogP contribution in [0.25, 0.3) is 0 Å². The molecule has 0 bridgehead atoms. The number of aliphatic carboxylic acids is 2. The molecule has 0 aromatic rings. The van der Waals surface area contributed by atoms with Crippen LogP contribution in [0.15, 0.2) is 0 Å². The van der Waals surface area contributed by atoms with E-state index < -0.39 is 29.9 Å². The second-order valence-electron chi connectivity index (χ2n) is 3.98. The number of carbonyl (C=O) groups is 4. The number of nitrogens with one attached hydrogen (secondary N) is 3. The summed E-state index contributed by atoms with van der Waals surface area (Å²) in [5.41, 5.74) is 0. The third-order valence-electron chi connectivity index (χ3n) is 2.54. The summed E-state index contributed by atoms with van der Waals surface area (Å²) in [6, 6.07) is -1.78. The Bertz CT molecular complexity index is 360. The molecule has 0 saturated heterocycles. The van der Waals surface area contributed by atoms with E-state index in [9.17, 15) is 19.2 Å². The van der Waals surface area contributed by atoms with Crippen molar-refractivity contribution in [2.24, 2.45) is 0 Å². The molecule has 0 radical (unpaired) electrons. The number of amides is 1. The number of hydrogen-bond donors (Lipinski definition) is 5. The highest BCUT2D eigenvalue weighted by Crippen LogP contribution is 1.98. The maximum Gasteiger partial charge on any atom is 0.320 e. The van der Waals surface area contributed by atoms with Gasteiger partial charge >= 0.3 is 11.9 Å². The zero-order chi connectivity index (χ0) is 15.5. The van der Waals surface area contributed by atoms with Gasteiger partial charge in [0, 0.05) is 13.0 Å². The minimum absolute atomic E-state index is 0.00221. The number of carboxylic acids is 2. The Morgan fingerprint density at radius 1 is 1.20 bits per heavy atom. The van der Waals surface area contributed by atoms with E-state index in [0.717, 1.165) is 0 Å². The number of rotatable bonds is 11. The molecule has 0 fully saturated rings. The van der Waals surface area contributed by atoms with Gasteiger partial charge in [-0.15, -0.1) is 0 Å². The van der Waals surface area contributed by atoms with Crippen molar-refractivity contribution in [1.29, 1.82) is 0 Å². The maximum atomic E-state index is 11.6. The van der Waals surface area contributed by atoms with Crippen molar-refractivity contribution >= 4 is 24.1 Å². The summed E-state index contributed by atoms with van der Waals surface area (Å²) in [6.45, 7) is -0.129. The third kappa shape index (κ3) is 7.44. The second kappa shape index (κ2) is 9.87. The number of likely N-dealkylation sites (N-methyl/N-ethyl adjacent to an activating group) is 1. The van der Waals surface area contributed by atoms with Gasteiger partial charge in [0.15, 0.2) is 0 Å². The number of hydrogen-bond acceptors (Lipinski definition) is 6. The molecule has 0 aromatic carbocycles. The fourth-order valence-electron chi connectivity index (χ4n) is 1.43. The number of carbonyl (C=O) groups excluding carboxylic acids is 2. The average molecular weight is 289 g/mol. The molecular weight excluding hydrogens is 270 g/mol. The van der Waals surface area contributed by atoms with Gasteiger partial charge in [0.2, 0.25) is 5.91 Å².